The Kier molecular flexibility index (Phi) is 5.47. The van der Waals surface area contributed by atoms with E-state index in [2.05, 4.69) is 27.0 Å². The van der Waals surface area contributed by atoms with Gasteiger partial charge in [0.15, 0.2) is 0 Å². The molecule has 0 unspecified atom stereocenters. The van der Waals surface area contributed by atoms with Gasteiger partial charge in [0.25, 0.3) is 0 Å². The Balaban J connectivity index is 1.27. The van der Waals surface area contributed by atoms with Gasteiger partial charge in [0.2, 0.25) is 0 Å². The fourth-order valence-electron chi connectivity index (χ4n) is 2.96. The highest BCUT2D eigenvalue weighted by atomic mass is 32.1. The van der Waals surface area contributed by atoms with Crippen molar-refractivity contribution in [3.8, 4) is 10.6 Å². The number of aromatic nitrogens is 1. The van der Waals surface area contributed by atoms with E-state index in [0.29, 0.717) is 18.8 Å². The fourth-order valence-corrected chi connectivity index (χ4v) is 4.55. The van der Waals surface area contributed by atoms with Crippen LogP contribution in [0.1, 0.15) is 5.01 Å². The third-order valence-electron chi connectivity index (χ3n) is 4.44. The normalized spacial score (nSPS) is 15.1. The summed E-state index contributed by atoms with van der Waals surface area (Å²) >= 11 is 3.38. The molecule has 27 heavy (non-hydrogen) atoms. The summed E-state index contributed by atoms with van der Waals surface area (Å²) in [7, 11) is 0. The van der Waals surface area contributed by atoms with Gasteiger partial charge in [-0.15, -0.1) is 22.7 Å². The van der Waals surface area contributed by atoms with Crippen LogP contribution in [0.5, 0.6) is 0 Å². The van der Waals surface area contributed by atoms with Gasteiger partial charge >= 0.3 is 6.03 Å². The number of nitrogens with one attached hydrogen (secondary N) is 1. The fraction of sp³-hybridized carbons (Fsp3) is 0.263. The number of thiophene rings is 1. The summed E-state index contributed by atoms with van der Waals surface area (Å²) in [6, 6.07) is 9.79. The van der Waals surface area contributed by atoms with Gasteiger partial charge in [-0.2, -0.15) is 0 Å². The third-order valence-corrected chi connectivity index (χ3v) is 6.17. The summed E-state index contributed by atoms with van der Waals surface area (Å²) in [6.07, 6.45) is 0. The number of carbonyl (C=O) groups excluding carboxylic acids is 1. The molecule has 0 spiro atoms. The van der Waals surface area contributed by atoms with E-state index in [4.69, 9.17) is 4.98 Å². The maximum Gasteiger partial charge on any atom is 0.321 e. The molecule has 0 aliphatic carbocycles. The van der Waals surface area contributed by atoms with Crippen LogP contribution in [0.4, 0.5) is 14.9 Å². The SMILES string of the molecule is O=C(Nc1ccc(F)cc1)N1CCN(Cc2nc(-c3cccs3)cs2)CC1. The smallest absolute Gasteiger partial charge is 0.321 e. The number of piperazine rings is 1. The Morgan fingerprint density at radius 2 is 1.89 bits per heavy atom. The van der Waals surface area contributed by atoms with E-state index >= 15 is 0 Å². The number of hydrogen-bond donors (Lipinski definition) is 1. The van der Waals surface area contributed by atoms with Crippen LogP contribution in [-0.2, 0) is 6.54 Å². The van der Waals surface area contributed by atoms with Gasteiger partial charge in [0, 0.05) is 37.2 Å². The van der Waals surface area contributed by atoms with Crippen molar-refractivity contribution in [2.75, 3.05) is 31.5 Å². The zero-order valence-corrected chi connectivity index (χ0v) is 16.2. The highest BCUT2D eigenvalue weighted by Gasteiger charge is 2.22. The molecule has 1 saturated heterocycles. The van der Waals surface area contributed by atoms with Gasteiger partial charge in [0.1, 0.15) is 10.8 Å². The van der Waals surface area contributed by atoms with Crippen molar-refractivity contribution < 1.29 is 9.18 Å². The molecule has 1 N–H and O–H groups in total. The van der Waals surface area contributed by atoms with E-state index in [9.17, 15) is 9.18 Å². The number of urea groups is 1. The van der Waals surface area contributed by atoms with Crippen molar-refractivity contribution in [1.29, 1.82) is 0 Å². The first-order chi connectivity index (χ1) is 13.2. The second kappa shape index (κ2) is 8.16. The second-order valence-electron chi connectivity index (χ2n) is 6.30. The van der Waals surface area contributed by atoms with Crippen molar-refractivity contribution in [3.63, 3.8) is 0 Å². The van der Waals surface area contributed by atoms with E-state index in [1.165, 1.54) is 17.0 Å². The molecule has 140 valence electrons. The largest absolute Gasteiger partial charge is 0.322 e. The second-order valence-corrected chi connectivity index (χ2v) is 8.19. The van der Waals surface area contributed by atoms with Crippen LogP contribution >= 0.6 is 22.7 Å². The zero-order chi connectivity index (χ0) is 18.6. The molecule has 3 heterocycles. The number of hydrogen-bond acceptors (Lipinski definition) is 5. The minimum atomic E-state index is -0.314. The van der Waals surface area contributed by atoms with Crippen molar-refractivity contribution in [1.82, 2.24) is 14.8 Å². The molecule has 5 nitrogen and oxygen atoms in total. The topological polar surface area (TPSA) is 48.5 Å². The Labute approximate surface area is 165 Å². The number of benzene rings is 1. The summed E-state index contributed by atoms with van der Waals surface area (Å²) in [6.45, 7) is 3.76. The van der Waals surface area contributed by atoms with Gasteiger partial charge < -0.3 is 10.2 Å². The van der Waals surface area contributed by atoms with Crippen LogP contribution in [0.15, 0.2) is 47.2 Å². The summed E-state index contributed by atoms with van der Waals surface area (Å²) in [5.74, 6) is -0.314. The summed E-state index contributed by atoms with van der Waals surface area (Å²) < 4.78 is 12.9. The van der Waals surface area contributed by atoms with Crippen molar-refractivity contribution >= 4 is 34.4 Å². The monoisotopic (exact) mass is 402 g/mol. The zero-order valence-electron chi connectivity index (χ0n) is 14.6. The highest BCUT2D eigenvalue weighted by molar-refractivity contribution is 7.14. The van der Waals surface area contributed by atoms with E-state index in [0.717, 1.165) is 30.3 Å². The predicted octanol–water partition coefficient (Wildman–Crippen LogP) is 4.36. The Bertz CT molecular complexity index is 887. The number of amides is 2. The molecule has 1 fully saturated rings. The maximum atomic E-state index is 12.9. The number of nitrogens with zero attached hydrogens (tertiary/aromatic N) is 3. The standard InChI is InChI=1S/C19H19FN4OS2/c20-14-3-5-15(6-4-14)21-19(25)24-9-7-23(8-10-24)12-18-22-16(13-27-18)17-2-1-11-26-17/h1-6,11,13H,7-10,12H2,(H,21,25). The van der Waals surface area contributed by atoms with Gasteiger partial charge in [-0.05, 0) is 35.7 Å². The number of halogens is 1. The quantitative estimate of drug-likeness (QED) is 0.705. The Morgan fingerprint density at radius 1 is 1.11 bits per heavy atom. The first-order valence-corrected chi connectivity index (χ1v) is 10.5. The average Bonchev–Trinajstić information content (AvgIpc) is 3.36. The molecule has 1 aliphatic rings. The summed E-state index contributed by atoms with van der Waals surface area (Å²) in [5.41, 5.74) is 1.65. The molecule has 0 bridgehead atoms. The predicted molar refractivity (Wildman–Crippen MR) is 108 cm³/mol. The minimum absolute atomic E-state index is 0.143. The van der Waals surface area contributed by atoms with Gasteiger partial charge in [-0.3, -0.25) is 4.90 Å². The van der Waals surface area contributed by atoms with Gasteiger partial charge in [-0.25, -0.2) is 14.2 Å². The molecule has 3 aromatic rings. The molecule has 0 radical (unpaired) electrons. The van der Waals surface area contributed by atoms with Crippen LogP contribution in [0.25, 0.3) is 10.6 Å². The number of anilines is 1. The van der Waals surface area contributed by atoms with Crippen LogP contribution in [0.2, 0.25) is 0 Å². The lowest BCUT2D eigenvalue weighted by molar-refractivity contribution is 0.143. The van der Waals surface area contributed by atoms with Gasteiger partial charge in [-0.1, -0.05) is 6.07 Å². The van der Waals surface area contributed by atoms with Crippen molar-refractivity contribution in [3.05, 3.63) is 58.0 Å². The van der Waals surface area contributed by atoms with Crippen LogP contribution in [-0.4, -0.2) is 47.0 Å². The van der Waals surface area contributed by atoms with E-state index in [1.807, 2.05) is 6.07 Å². The average molecular weight is 403 g/mol. The van der Waals surface area contributed by atoms with Crippen molar-refractivity contribution in [2.45, 2.75) is 6.54 Å². The molecule has 8 heteroatoms. The molecule has 4 rings (SSSR count). The molecular weight excluding hydrogens is 383 g/mol. The summed E-state index contributed by atoms with van der Waals surface area (Å²) in [4.78, 5) is 22.4. The Hall–Kier alpha value is -2.29. The van der Waals surface area contributed by atoms with Crippen molar-refractivity contribution in [2.24, 2.45) is 0 Å². The first-order valence-electron chi connectivity index (χ1n) is 8.69. The summed E-state index contributed by atoms with van der Waals surface area (Å²) in [5, 5.41) is 8.08. The number of carbonyl (C=O) groups is 1. The minimum Gasteiger partial charge on any atom is -0.322 e. The number of rotatable bonds is 4. The number of thiazole rings is 1. The van der Waals surface area contributed by atoms with E-state index < -0.39 is 0 Å². The molecule has 0 atom stereocenters. The van der Waals surface area contributed by atoms with Crippen LogP contribution in [0, 0.1) is 5.82 Å². The molecule has 2 aromatic heterocycles. The lowest BCUT2D eigenvalue weighted by Gasteiger charge is -2.34. The third kappa shape index (κ3) is 4.52. The lowest BCUT2D eigenvalue weighted by Crippen LogP contribution is -2.49. The van der Waals surface area contributed by atoms with Crippen LogP contribution < -0.4 is 5.32 Å². The molecule has 2 amide bonds. The Morgan fingerprint density at radius 3 is 2.59 bits per heavy atom. The highest BCUT2D eigenvalue weighted by Crippen LogP contribution is 2.26. The first kappa shape index (κ1) is 18.1. The van der Waals surface area contributed by atoms with Gasteiger partial charge in [0.05, 0.1) is 17.1 Å². The lowest BCUT2D eigenvalue weighted by atomic mass is 10.3. The molecular formula is C19H19FN4OS2. The molecule has 0 saturated carbocycles. The molecule has 1 aliphatic heterocycles. The van der Waals surface area contributed by atoms with Crippen LogP contribution in [0.3, 0.4) is 0 Å². The van der Waals surface area contributed by atoms with E-state index in [1.54, 1.807) is 39.7 Å². The molecule has 1 aromatic carbocycles. The van der Waals surface area contributed by atoms with E-state index in [-0.39, 0.29) is 11.8 Å². The maximum absolute atomic E-state index is 12.9.